The van der Waals surface area contributed by atoms with Gasteiger partial charge in [0.15, 0.2) is 11.2 Å². The van der Waals surface area contributed by atoms with Crippen molar-refractivity contribution >= 4 is 22.1 Å². The van der Waals surface area contributed by atoms with Crippen molar-refractivity contribution in [3.63, 3.8) is 0 Å². The summed E-state index contributed by atoms with van der Waals surface area (Å²) in [6.45, 7) is 2.22. The molecule has 1 N–H and O–H groups in total. The molecule has 0 fully saturated rings. The van der Waals surface area contributed by atoms with Gasteiger partial charge in [-0.3, -0.25) is 14.9 Å². The molecule has 9 nitrogen and oxygen atoms in total. The van der Waals surface area contributed by atoms with E-state index in [0.717, 1.165) is 17.1 Å². The van der Waals surface area contributed by atoms with Crippen molar-refractivity contribution in [2.75, 3.05) is 0 Å². The average Bonchev–Trinajstić information content (AvgIpc) is 3.37. The van der Waals surface area contributed by atoms with Gasteiger partial charge >= 0.3 is 0 Å². The van der Waals surface area contributed by atoms with Crippen molar-refractivity contribution in [2.24, 2.45) is 7.05 Å². The van der Waals surface area contributed by atoms with E-state index in [-0.39, 0.29) is 5.56 Å². The van der Waals surface area contributed by atoms with Gasteiger partial charge in [-0.25, -0.2) is 4.68 Å². The first-order valence-corrected chi connectivity index (χ1v) is 8.85. The summed E-state index contributed by atoms with van der Waals surface area (Å²) in [4.78, 5) is 22.0. The molecule has 0 aliphatic carbocycles. The van der Waals surface area contributed by atoms with Gasteiger partial charge in [-0.1, -0.05) is 6.07 Å². The SMILES string of the molecule is Cc1cccc(Cn2ncc3c4oc(Cc5ccn[nH]5)nc4n(C)c3c2=O)n1. The fourth-order valence-electron chi connectivity index (χ4n) is 3.41. The first-order chi connectivity index (χ1) is 13.6. The Hall–Kier alpha value is -3.75. The Morgan fingerprint density at radius 2 is 2.11 bits per heavy atom. The summed E-state index contributed by atoms with van der Waals surface area (Å²) in [7, 11) is 1.81. The standard InChI is InChI=1S/C19H17N7O2/c1-11-4-3-5-13(22-11)10-26-19(27)16-14(9-21-26)17-18(25(16)2)23-15(28-17)8-12-6-7-20-24-12/h3-7,9H,8,10H2,1-2H3,(H,20,24). The molecule has 0 aliphatic rings. The summed E-state index contributed by atoms with van der Waals surface area (Å²) in [5.74, 6) is 0.555. The zero-order chi connectivity index (χ0) is 19.3. The number of hydrogen-bond donors (Lipinski definition) is 1. The number of pyridine rings is 1. The number of nitrogens with one attached hydrogen (secondary N) is 1. The normalized spacial score (nSPS) is 11.6. The first kappa shape index (κ1) is 16.4. The first-order valence-electron chi connectivity index (χ1n) is 8.85. The summed E-state index contributed by atoms with van der Waals surface area (Å²) in [6.07, 6.45) is 3.84. The van der Waals surface area contributed by atoms with Crippen LogP contribution >= 0.6 is 0 Å². The van der Waals surface area contributed by atoms with Crippen LogP contribution in [0, 0.1) is 6.92 Å². The molecular weight excluding hydrogens is 358 g/mol. The summed E-state index contributed by atoms with van der Waals surface area (Å²) < 4.78 is 9.09. The fraction of sp³-hybridized carbons (Fsp3) is 0.211. The smallest absolute Gasteiger partial charge is 0.291 e. The molecule has 28 heavy (non-hydrogen) atoms. The predicted molar refractivity (Wildman–Crippen MR) is 102 cm³/mol. The molecule has 0 aromatic carbocycles. The van der Waals surface area contributed by atoms with E-state index >= 15 is 0 Å². The average molecular weight is 375 g/mol. The van der Waals surface area contributed by atoms with E-state index in [4.69, 9.17) is 4.42 Å². The second kappa shape index (κ2) is 6.15. The molecule has 5 rings (SSSR count). The van der Waals surface area contributed by atoms with Crippen LogP contribution in [-0.2, 0) is 20.0 Å². The Labute approximate surface area is 158 Å². The molecule has 0 amide bonds. The number of aryl methyl sites for hydroxylation is 2. The number of aromatic nitrogens is 7. The predicted octanol–water partition coefficient (Wildman–Crippen LogP) is 1.94. The molecule has 0 unspecified atom stereocenters. The second-order valence-corrected chi connectivity index (χ2v) is 6.72. The third-order valence-electron chi connectivity index (χ3n) is 4.73. The summed E-state index contributed by atoms with van der Waals surface area (Å²) in [5, 5.41) is 11.8. The molecule has 0 atom stereocenters. The molecule has 0 spiro atoms. The number of aromatic amines is 1. The van der Waals surface area contributed by atoms with E-state index in [1.807, 2.05) is 38.2 Å². The molecule has 0 radical (unpaired) electrons. The number of rotatable bonds is 4. The van der Waals surface area contributed by atoms with Gasteiger partial charge in [-0.2, -0.15) is 15.2 Å². The molecule has 9 heteroatoms. The number of oxazole rings is 1. The van der Waals surface area contributed by atoms with Crippen LogP contribution in [-0.4, -0.2) is 34.5 Å². The maximum atomic E-state index is 13.0. The van der Waals surface area contributed by atoms with E-state index in [9.17, 15) is 4.79 Å². The van der Waals surface area contributed by atoms with Crippen LogP contribution in [0.15, 0.2) is 45.9 Å². The minimum atomic E-state index is -0.202. The molecule has 0 saturated carbocycles. The van der Waals surface area contributed by atoms with Crippen LogP contribution in [0.25, 0.3) is 22.1 Å². The van der Waals surface area contributed by atoms with E-state index in [0.29, 0.717) is 41.0 Å². The van der Waals surface area contributed by atoms with Crippen molar-refractivity contribution in [3.05, 3.63) is 70.0 Å². The van der Waals surface area contributed by atoms with Gasteiger partial charge in [0.05, 0.1) is 30.2 Å². The number of hydrogen-bond acceptors (Lipinski definition) is 6. The van der Waals surface area contributed by atoms with Crippen LogP contribution in [0.1, 0.15) is 23.0 Å². The topological polar surface area (TPSA) is 107 Å². The van der Waals surface area contributed by atoms with Crippen molar-refractivity contribution in [1.82, 2.24) is 34.5 Å². The van der Waals surface area contributed by atoms with Crippen LogP contribution in [0.5, 0.6) is 0 Å². The number of nitrogens with zero attached hydrogens (tertiary/aromatic N) is 6. The summed E-state index contributed by atoms with van der Waals surface area (Å²) in [6, 6.07) is 7.58. The van der Waals surface area contributed by atoms with Gasteiger partial charge in [0, 0.05) is 24.6 Å². The fourth-order valence-corrected chi connectivity index (χ4v) is 3.41. The maximum absolute atomic E-state index is 13.0. The zero-order valence-electron chi connectivity index (χ0n) is 15.4. The van der Waals surface area contributed by atoms with E-state index in [2.05, 4.69) is 25.3 Å². The zero-order valence-corrected chi connectivity index (χ0v) is 15.4. The van der Waals surface area contributed by atoms with Crippen molar-refractivity contribution in [1.29, 1.82) is 0 Å². The Morgan fingerprint density at radius 1 is 1.21 bits per heavy atom. The van der Waals surface area contributed by atoms with Crippen molar-refractivity contribution in [2.45, 2.75) is 19.9 Å². The van der Waals surface area contributed by atoms with E-state index in [1.54, 1.807) is 17.0 Å². The van der Waals surface area contributed by atoms with E-state index < -0.39 is 0 Å². The molecule has 5 aromatic heterocycles. The highest BCUT2D eigenvalue weighted by Crippen LogP contribution is 2.26. The van der Waals surface area contributed by atoms with Gasteiger partial charge in [-0.15, -0.1) is 0 Å². The molecule has 0 bridgehead atoms. The molecule has 5 aromatic rings. The Morgan fingerprint density at radius 3 is 2.89 bits per heavy atom. The third-order valence-corrected chi connectivity index (χ3v) is 4.73. The number of H-pyrrole nitrogens is 1. The molecule has 5 heterocycles. The van der Waals surface area contributed by atoms with Gasteiger partial charge in [0.25, 0.3) is 5.56 Å². The van der Waals surface area contributed by atoms with Crippen LogP contribution < -0.4 is 5.56 Å². The lowest BCUT2D eigenvalue weighted by atomic mass is 10.3. The Kier molecular flexibility index (Phi) is 3.61. The van der Waals surface area contributed by atoms with Gasteiger partial charge in [0.2, 0.25) is 5.89 Å². The molecule has 0 aliphatic heterocycles. The van der Waals surface area contributed by atoms with Crippen molar-refractivity contribution < 1.29 is 4.42 Å². The third kappa shape index (κ3) is 2.59. The van der Waals surface area contributed by atoms with Crippen LogP contribution in [0.4, 0.5) is 0 Å². The quantitative estimate of drug-likeness (QED) is 0.514. The monoisotopic (exact) mass is 375 g/mol. The lowest BCUT2D eigenvalue weighted by Crippen LogP contribution is -2.25. The van der Waals surface area contributed by atoms with Gasteiger partial charge in [0.1, 0.15) is 5.52 Å². The molecule has 140 valence electrons. The Bertz CT molecular complexity index is 1360. The second-order valence-electron chi connectivity index (χ2n) is 6.72. The highest BCUT2D eigenvalue weighted by Gasteiger charge is 2.20. The molecule has 0 saturated heterocycles. The maximum Gasteiger partial charge on any atom is 0.291 e. The van der Waals surface area contributed by atoms with Gasteiger partial charge in [-0.05, 0) is 25.1 Å². The number of fused-ring (bicyclic) bond motifs is 3. The highest BCUT2D eigenvalue weighted by molar-refractivity contribution is 6.02. The Balaban J connectivity index is 1.59. The van der Waals surface area contributed by atoms with Crippen molar-refractivity contribution in [3.8, 4) is 0 Å². The van der Waals surface area contributed by atoms with Crippen LogP contribution in [0.3, 0.4) is 0 Å². The minimum absolute atomic E-state index is 0.202. The van der Waals surface area contributed by atoms with E-state index in [1.165, 1.54) is 4.68 Å². The highest BCUT2D eigenvalue weighted by atomic mass is 16.3. The molecular formula is C19H17N7O2. The summed E-state index contributed by atoms with van der Waals surface area (Å²) >= 11 is 0. The minimum Gasteiger partial charge on any atom is -0.438 e. The lowest BCUT2D eigenvalue weighted by molar-refractivity contribution is 0.543. The lowest BCUT2D eigenvalue weighted by Gasteiger charge is -2.05. The van der Waals surface area contributed by atoms with Crippen LogP contribution in [0.2, 0.25) is 0 Å². The largest absolute Gasteiger partial charge is 0.438 e. The summed E-state index contributed by atoms with van der Waals surface area (Å²) in [5.41, 5.74) is 4.08. The van der Waals surface area contributed by atoms with Gasteiger partial charge < -0.3 is 8.98 Å².